The molecule has 0 saturated carbocycles. The SMILES string of the molecule is CC(NC(=O)CSCCCN)c1ccccc1. The van der Waals surface area contributed by atoms with Crippen molar-refractivity contribution in [3.63, 3.8) is 0 Å². The molecule has 3 nitrogen and oxygen atoms in total. The maximum Gasteiger partial charge on any atom is 0.230 e. The first-order valence-corrected chi connectivity index (χ1v) is 7.01. The molecule has 0 fully saturated rings. The Morgan fingerprint density at radius 2 is 2.12 bits per heavy atom. The van der Waals surface area contributed by atoms with Crippen LogP contribution in [0.3, 0.4) is 0 Å². The zero-order valence-corrected chi connectivity index (χ0v) is 11.0. The molecule has 94 valence electrons. The summed E-state index contributed by atoms with van der Waals surface area (Å²) in [5, 5.41) is 2.98. The van der Waals surface area contributed by atoms with Crippen LogP contribution >= 0.6 is 11.8 Å². The maximum absolute atomic E-state index is 11.6. The first-order valence-electron chi connectivity index (χ1n) is 5.86. The van der Waals surface area contributed by atoms with Crippen LogP contribution in [0.4, 0.5) is 0 Å². The molecule has 0 bridgehead atoms. The molecule has 0 aliphatic carbocycles. The number of hydrogen-bond acceptors (Lipinski definition) is 3. The van der Waals surface area contributed by atoms with Gasteiger partial charge in [0.2, 0.25) is 5.91 Å². The lowest BCUT2D eigenvalue weighted by molar-refractivity contribution is -0.119. The Labute approximate surface area is 107 Å². The zero-order chi connectivity index (χ0) is 12.5. The Hall–Kier alpha value is -1.00. The Morgan fingerprint density at radius 3 is 2.76 bits per heavy atom. The number of benzene rings is 1. The topological polar surface area (TPSA) is 55.1 Å². The fraction of sp³-hybridized carbons (Fsp3) is 0.462. The largest absolute Gasteiger partial charge is 0.349 e. The van der Waals surface area contributed by atoms with Gasteiger partial charge >= 0.3 is 0 Å². The van der Waals surface area contributed by atoms with E-state index in [0.29, 0.717) is 12.3 Å². The molecule has 1 atom stereocenters. The van der Waals surface area contributed by atoms with Crippen molar-refractivity contribution in [2.45, 2.75) is 19.4 Å². The fourth-order valence-electron chi connectivity index (χ4n) is 1.46. The highest BCUT2D eigenvalue weighted by molar-refractivity contribution is 7.99. The van der Waals surface area contributed by atoms with E-state index in [0.717, 1.165) is 17.7 Å². The summed E-state index contributed by atoms with van der Waals surface area (Å²) < 4.78 is 0. The van der Waals surface area contributed by atoms with Crippen LogP contribution in [0.1, 0.15) is 24.9 Å². The van der Waals surface area contributed by atoms with Gasteiger partial charge in [0.25, 0.3) is 0 Å². The number of carbonyl (C=O) groups is 1. The minimum atomic E-state index is 0.0683. The molecular formula is C13H20N2OS. The minimum Gasteiger partial charge on any atom is -0.349 e. The normalized spacial score (nSPS) is 12.1. The van der Waals surface area contributed by atoms with Crippen molar-refractivity contribution < 1.29 is 4.79 Å². The van der Waals surface area contributed by atoms with Crippen LogP contribution in [0.25, 0.3) is 0 Å². The number of amides is 1. The summed E-state index contributed by atoms with van der Waals surface area (Å²) in [6.45, 7) is 2.69. The van der Waals surface area contributed by atoms with E-state index in [9.17, 15) is 4.79 Å². The van der Waals surface area contributed by atoms with Crippen molar-refractivity contribution in [2.75, 3.05) is 18.1 Å². The van der Waals surface area contributed by atoms with Crippen LogP contribution in [0, 0.1) is 0 Å². The molecule has 0 aliphatic rings. The third-order valence-corrected chi connectivity index (χ3v) is 3.45. The summed E-state index contributed by atoms with van der Waals surface area (Å²) in [7, 11) is 0. The summed E-state index contributed by atoms with van der Waals surface area (Å²) in [5.74, 6) is 1.55. The van der Waals surface area contributed by atoms with Gasteiger partial charge in [-0.1, -0.05) is 30.3 Å². The zero-order valence-electron chi connectivity index (χ0n) is 10.2. The lowest BCUT2D eigenvalue weighted by Crippen LogP contribution is -2.28. The van der Waals surface area contributed by atoms with Gasteiger partial charge in [-0.3, -0.25) is 4.79 Å². The molecule has 17 heavy (non-hydrogen) atoms. The summed E-state index contributed by atoms with van der Waals surface area (Å²) in [4.78, 5) is 11.6. The Bertz CT molecular complexity index is 329. The van der Waals surface area contributed by atoms with Gasteiger partial charge in [-0.2, -0.15) is 11.8 Å². The molecule has 0 radical (unpaired) electrons. The second kappa shape index (κ2) is 8.14. The molecule has 0 spiro atoms. The van der Waals surface area contributed by atoms with Crippen molar-refractivity contribution in [1.82, 2.24) is 5.32 Å². The van der Waals surface area contributed by atoms with Gasteiger partial charge in [-0.15, -0.1) is 0 Å². The molecule has 1 unspecified atom stereocenters. The third-order valence-electron chi connectivity index (χ3n) is 2.40. The van der Waals surface area contributed by atoms with E-state index in [2.05, 4.69) is 5.32 Å². The average Bonchev–Trinajstić information content (AvgIpc) is 2.36. The Kier molecular flexibility index (Phi) is 6.74. The number of hydrogen-bond donors (Lipinski definition) is 2. The van der Waals surface area contributed by atoms with Crippen molar-refractivity contribution >= 4 is 17.7 Å². The number of nitrogens with one attached hydrogen (secondary N) is 1. The van der Waals surface area contributed by atoms with Crippen molar-refractivity contribution in [2.24, 2.45) is 5.73 Å². The molecule has 1 amide bonds. The van der Waals surface area contributed by atoms with E-state index in [4.69, 9.17) is 5.73 Å². The van der Waals surface area contributed by atoms with E-state index < -0.39 is 0 Å². The maximum atomic E-state index is 11.6. The highest BCUT2D eigenvalue weighted by atomic mass is 32.2. The fourth-order valence-corrected chi connectivity index (χ4v) is 2.24. The molecule has 1 rings (SSSR count). The van der Waals surface area contributed by atoms with Crippen LogP contribution in [0.2, 0.25) is 0 Å². The third kappa shape index (κ3) is 5.75. The van der Waals surface area contributed by atoms with Crippen LogP contribution in [0.15, 0.2) is 30.3 Å². The first-order chi connectivity index (χ1) is 8.24. The van der Waals surface area contributed by atoms with Gasteiger partial charge in [0.1, 0.15) is 0 Å². The van der Waals surface area contributed by atoms with Gasteiger partial charge in [0.15, 0.2) is 0 Å². The monoisotopic (exact) mass is 252 g/mol. The Balaban J connectivity index is 2.26. The first kappa shape index (κ1) is 14.1. The van der Waals surface area contributed by atoms with E-state index in [1.54, 1.807) is 11.8 Å². The smallest absolute Gasteiger partial charge is 0.230 e. The van der Waals surface area contributed by atoms with Gasteiger partial charge in [-0.05, 0) is 31.2 Å². The standard InChI is InChI=1S/C13H20N2OS/c1-11(12-6-3-2-4-7-12)15-13(16)10-17-9-5-8-14/h2-4,6-7,11H,5,8-10,14H2,1H3,(H,15,16). The summed E-state index contributed by atoms with van der Waals surface area (Å²) >= 11 is 1.63. The van der Waals surface area contributed by atoms with Crippen molar-refractivity contribution in [3.05, 3.63) is 35.9 Å². The van der Waals surface area contributed by atoms with Crippen LogP contribution in [-0.4, -0.2) is 24.0 Å². The Morgan fingerprint density at radius 1 is 1.41 bits per heavy atom. The molecular weight excluding hydrogens is 232 g/mol. The second-order valence-corrected chi connectivity index (χ2v) is 5.00. The molecule has 0 aromatic heterocycles. The van der Waals surface area contributed by atoms with Crippen LogP contribution < -0.4 is 11.1 Å². The van der Waals surface area contributed by atoms with Gasteiger partial charge in [0.05, 0.1) is 11.8 Å². The number of rotatable bonds is 7. The lowest BCUT2D eigenvalue weighted by Gasteiger charge is -2.13. The van der Waals surface area contributed by atoms with Crippen molar-refractivity contribution in [1.29, 1.82) is 0 Å². The van der Waals surface area contributed by atoms with Gasteiger partial charge < -0.3 is 11.1 Å². The summed E-state index contributed by atoms with van der Waals surface area (Å²) in [6, 6.07) is 10.0. The highest BCUT2D eigenvalue weighted by Gasteiger charge is 2.08. The second-order valence-electron chi connectivity index (χ2n) is 3.89. The molecule has 1 aromatic rings. The van der Waals surface area contributed by atoms with E-state index in [1.807, 2.05) is 37.3 Å². The predicted molar refractivity (Wildman–Crippen MR) is 74.0 cm³/mol. The number of carbonyl (C=O) groups excluding carboxylic acids is 1. The van der Waals surface area contributed by atoms with Gasteiger partial charge in [-0.25, -0.2) is 0 Å². The quantitative estimate of drug-likeness (QED) is 0.729. The van der Waals surface area contributed by atoms with E-state index in [1.165, 1.54) is 0 Å². The van der Waals surface area contributed by atoms with E-state index >= 15 is 0 Å². The van der Waals surface area contributed by atoms with Crippen molar-refractivity contribution in [3.8, 4) is 0 Å². The average molecular weight is 252 g/mol. The molecule has 0 saturated heterocycles. The lowest BCUT2D eigenvalue weighted by atomic mass is 10.1. The predicted octanol–water partition coefficient (Wildman–Crippen LogP) is 1.95. The van der Waals surface area contributed by atoms with Gasteiger partial charge in [0, 0.05) is 0 Å². The minimum absolute atomic E-state index is 0.0683. The summed E-state index contributed by atoms with van der Waals surface area (Å²) in [6.07, 6.45) is 0.964. The van der Waals surface area contributed by atoms with E-state index in [-0.39, 0.29) is 11.9 Å². The molecule has 1 aromatic carbocycles. The number of thioether (sulfide) groups is 1. The number of nitrogens with two attached hydrogens (primary N) is 1. The molecule has 0 aliphatic heterocycles. The molecule has 0 heterocycles. The van der Waals surface area contributed by atoms with Crippen LogP contribution in [-0.2, 0) is 4.79 Å². The molecule has 3 N–H and O–H groups in total. The van der Waals surface area contributed by atoms with Crippen LogP contribution in [0.5, 0.6) is 0 Å². The summed E-state index contributed by atoms with van der Waals surface area (Å²) in [5.41, 5.74) is 6.52. The highest BCUT2D eigenvalue weighted by Crippen LogP contribution is 2.11. The molecule has 4 heteroatoms.